The van der Waals surface area contributed by atoms with Crippen molar-refractivity contribution >= 4 is 23.6 Å². The number of hydrogen-bond acceptors (Lipinski definition) is 5. The molecule has 2 aromatic rings. The molecule has 0 fully saturated rings. The van der Waals surface area contributed by atoms with E-state index in [1.807, 2.05) is 6.92 Å². The van der Waals surface area contributed by atoms with Crippen molar-refractivity contribution in [3.63, 3.8) is 0 Å². The highest BCUT2D eigenvalue weighted by Gasteiger charge is 2.21. The Balaban J connectivity index is 2.60. The summed E-state index contributed by atoms with van der Waals surface area (Å²) in [4.78, 5) is 12.7. The second-order valence-electron chi connectivity index (χ2n) is 5.27. The van der Waals surface area contributed by atoms with Gasteiger partial charge < -0.3 is 15.8 Å². The standard InChI is InChI=1S/C17H18ClFN4O2/c1-3-21-9-11(8-20)17(25)15-7-16(18)22-23(15)14-5-4-12(19)6-13(14)10(2)24/h4-10,20-21,24H,3H2,1-2H3/b11-9+,20-8?. The fourth-order valence-electron chi connectivity index (χ4n) is 2.28. The lowest BCUT2D eigenvalue weighted by molar-refractivity contribution is 0.103. The van der Waals surface area contributed by atoms with Crippen LogP contribution in [0.1, 0.15) is 36.0 Å². The Morgan fingerprint density at radius 1 is 1.52 bits per heavy atom. The first-order chi connectivity index (χ1) is 11.9. The van der Waals surface area contributed by atoms with Crippen LogP contribution in [-0.4, -0.2) is 33.4 Å². The molecule has 0 bridgehead atoms. The van der Waals surface area contributed by atoms with Crippen molar-refractivity contribution in [2.45, 2.75) is 20.0 Å². The maximum absolute atomic E-state index is 13.5. The normalized spacial score (nSPS) is 12.8. The van der Waals surface area contributed by atoms with Gasteiger partial charge in [0.25, 0.3) is 0 Å². The van der Waals surface area contributed by atoms with E-state index in [-0.39, 0.29) is 22.0 Å². The Morgan fingerprint density at radius 2 is 2.24 bits per heavy atom. The predicted molar refractivity (Wildman–Crippen MR) is 94.0 cm³/mol. The van der Waals surface area contributed by atoms with Crippen molar-refractivity contribution in [3.05, 3.63) is 58.3 Å². The number of ketones is 1. The van der Waals surface area contributed by atoms with Crippen LogP contribution in [0.5, 0.6) is 0 Å². The third kappa shape index (κ3) is 4.12. The molecule has 1 unspecified atom stereocenters. The third-order valence-electron chi connectivity index (χ3n) is 3.46. The Kier molecular flexibility index (Phi) is 6.06. The van der Waals surface area contributed by atoms with Crippen LogP contribution in [-0.2, 0) is 0 Å². The minimum absolute atomic E-state index is 0.0667. The Bertz CT molecular complexity index is 830. The van der Waals surface area contributed by atoms with Crippen molar-refractivity contribution in [2.75, 3.05) is 6.54 Å². The monoisotopic (exact) mass is 364 g/mol. The molecule has 132 valence electrons. The fraction of sp³-hybridized carbons (Fsp3) is 0.235. The molecule has 1 heterocycles. The lowest BCUT2D eigenvalue weighted by Crippen LogP contribution is -2.16. The number of allylic oxidation sites excluding steroid dienone is 1. The van der Waals surface area contributed by atoms with Crippen molar-refractivity contribution in [2.24, 2.45) is 0 Å². The van der Waals surface area contributed by atoms with Gasteiger partial charge in [-0.2, -0.15) is 5.10 Å². The van der Waals surface area contributed by atoms with E-state index in [1.54, 1.807) is 0 Å². The summed E-state index contributed by atoms with van der Waals surface area (Å²) in [5.41, 5.74) is 0.812. The number of nitrogens with one attached hydrogen (secondary N) is 2. The summed E-state index contributed by atoms with van der Waals surface area (Å²) in [6, 6.07) is 5.16. The van der Waals surface area contributed by atoms with Crippen LogP contribution in [0.3, 0.4) is 0 Å². The molecule has 2 rings (SSSR count). The molecular weight excluding hydrogens is 347 g/mol. The molecule has 0 aliphatic rings. The van der Waals surface area contributed by atoms with Gasteiger partial charge in [-0.1, -0.05) is 11.6 Å². The van der Waals surface area contributed by atoms with Gasteiger partial charge in [0.2, 0.25) is 5.78 Å². The number of carbonyl (C=O) groups excluding carboxylic acids is 1. The van der Waals surface area contributed by atoms with Gasteiger partial charge in [0.05, 0.1) is 17.4 Å². The number of halogens is 2. The molecule has 0 aliphatic heterocycles. The zero-order valence-electron chi connectivity index (χ0n) is 13.8. The molecule has 1 atom stereocenters. The summed E-state index contributed by atoms with van der Waals surface area (Å²) in [5, 5.41) is 24.4. The number of nitrogens with zero attached hydrogens (tertiary/aromatic N) is 2. The summed E-state index contributed by atoms with van der Waals surface area (Å²) in [7, 11) is 0. The van der Waals surface area contributed by atoms with Gasteiger partial charge in [0, 0.05) is 30.6 Å². The highest BCUT2D eigenvalue weighted by molar-refractivity contribution is 6.30. The molecule has 1 aromatic heterocycles. The molecule has 0 spiro atoms. The number of aliphatic hydroxyl groups is 1. The average Bonchev–Trinajstić information content (AvgIpc) is 2.96. The van der Waals surface area contributed by atoms with Gasteiger partial charge in [-0.15, -0.1) is 0 Å². The van der Waals surface area contributed by atoms with E-state index >= 15 is 0 Å². The van der Waals surface area contributed by atoms with Crippen LogP contribution in [0.15, 0.2) is 36.0 Å². The molecule has 3 N–H and O–H groups in total. The summed E-state index contributed by atoms with van der Waals surface area (Å²) >= 11 is 5.96. The number of Topliss-reactive ketones (excluding diaryl/α,β-unsaturated/α-hetero) is 1. The number of carbonyl (C=O) groups is 1. The number of rotatable bonds is 7. The summed E-state index contributed by atoms with van der Waals surface area (Å²) in [6.45, 7) is 3.94. The van der Waals surface area contributed by atoms with Crippen LogP contribution in [0.2, 0.25) is 5.15 Å². The number of aliphatic hydroxyl groups excluding tert-OH is 1. The second-order valence-corrected chi connectivity index (χ2v) is 5.66. The van der Waals surface area contributed by atoms with Gasteiger partial charge in [0.15, 0.2) is 5.15 Å². The first kappa shape index (κ1) is 18.8. The molecule has 0 saturated carbocycles. The lowest BCUT2D eigenvalue weighted by Gasteiger charge is -2.14. The lowest BCUT2D eigenvalue weighted by atomic mass is 10.1. The van der Waals surface area contributed by atoms with E-state index in [0.717, 1.165) is 6.21 Å². The topological polar surface area (TPSA) is 91.0 Å². The van der Waals surface area contributed by atoms with Crippen LogP contribution in [0.4, 0.5) is 4.39 Å². The van der Waals surface area contributed by atoms with E-state index in [9.17, 15) is 14.3 Å². The number of benzene rings is 1. The maximum Gasteiger partial charge on any atom is 0.214 e. The summed E-state index contributed by atoms with van der Waals surface area (Å²) in [6.07, 6.45) is 1.38. The molecule has 0 radical (unpaired) electrons. The first-order valence-corrected chi connectivity index (χ1v) is 7.99. The average molecular weight is 365 g/mol. The molecule has 0 aliphatic carbocycles. The van der Waals surface area contributed by atoms with Crippen molar-refractivity contribution < 1.29 is 14.3 Å². The van der Waals surface area contributed by atoms with E-state index in [2.05, 4.69) is 10.4 Å². The molecule has 1 aromatic carbocycles. The minimum Gasteiger partial charge on any atom is -0.391 e. The highest BCUT2D eigenvalue weighted by atomic mass is 35.5. The number of hydrogen-bond donors (Lipinski definition) is 3. The molecule has 0 amide bonds. The van der Waals surface area contributed by atoms with Gasteiger partial charge in [0.1, 0.15) is 11.5 Å². The highest BCUT2D eigenvalue weighted by Crippen LogP contribution is 2.26. The molecule has 0 saturated heterocycles. The predicted octanol–water partition coefficient (Wildman–Crippen LogP) is 3.04. The second kappa shape index (κ2) is 8.04. The maximum atomic E-state index is 13.5. The third-order valence-corrected chi connectivity index (χ3v) is 3.64. The minimum atomic E-state index is -0.976. The Labute approximate surface area is 149 Å². The zero-order valence-corrected chi connectivity index (χ0v) is 14.5. The van der Waals surface area contributed by atoms with Crippen molar-refractivity contribution in [3.8, 4) is 5.69 Å². The van der Waals surface area contributed by atoms with Gasteiger partial charge in [-0.3, -0.25) is 4.79 Å². The summed E-state index contributed by atoms with van der Waals surface area (Å²) < 4.78 is 14.8. The molecule has 8 heteroatoms. The SMILES string of the molecule is CCN/C=C(\C=N)C(=O)c1cc(Cl)nn1-c1ccc(F)cc1C(C)O. The van der Waals surface area contributed by atoms with Crippen LogP contribution in [0.25, 0.3) is 5.69 Å². The van der Waals surface area contributed by atoms with Gasteiger partial charge >= 0.3 is 0 Å². The van der Waals surface area contributed by atoms with Crippen molar-refractivity contribution in [1.29, 1.82) is 5.41 Å². The van der Waals surface area contributed by atoms with Gasteiger partial charge in [-0.25, -0.2) is 9.07 Å². The van der Waals surface area contributed by atoms with E-state index in [1.165, 1.54) is 42.1 Å². The molecule has 25 heavy (non-hydrogen) atoms. The quantitative estimate of drug-likeness (QED) is 0.400. The Hall–Kier alpha value is -2.51. The molecular formula is C17H18ClFN4O2. The van der Waals surface area contributed by atoms with Crippen molar-refractivity contribution in [1.82, 2.24) is 15.1 Å². The van der Waals surface area contributed by atoms with Gasteiger partial charge in [-0.05, 0) is 32.0 Å². The first-order valence-electron chi connectivity index (χ1n) is 7.61. The number of aromatic nitrogens is 2. The smallest absolute Gasteiger partial charge is 0.214 e. The van der Waals surface area contributed by atoms with E-state index in [4.69, 9.17) is 17.0 Å². The Morgan fingerprint density at radius 3 is 2.84 bits per heavy atom. The van der Waals surface area contributed by atoms with E-state index in [0.29, 0.717) is 12.2 Å². The largest absolute Gasteiger partial charge is 0.391 e. The summed E-state index contributed by atoms with van der Waals surface area (Å²) in [5.74, 6) is -0.991. The van der Waals surface area contributed by atoms with E-state index < -0.39 is 17.7 Å². The molecule has 6 nitrogen and oxygen atoms in total. The van der Waals surface area contributed by atoms with Crippen LogP contribution < -0.4 is 5.32 Å². The fourth-order valence-corrected chi connectivity index (χ4v) is 2.46. The van der Waals surface area contributed by atoms with Crippen LogP contribution in [0, 0.1) is 11.2 Å². The zero-order chi connectivity index (χ0) is 18.6. The van der Waals surface area contributed by atoms with Crippen LogP contribution >= 0.6 is 11.6 Å².